The van der Waals surface area contributed by atoms with E-state index in [0.717, 1.165) is 19.5 Å². The van der Waals surface area contributed by atoms with Gasteiger partial charge in [-0.25, -0.2) is 0 Å². The highest BCUT2D eigenvalue weighted by molar-refractivity contribution is 5.84. The highest BCUT2D eigenvalue weighted by Crippen LogP contribution is 2.22. The van der Waals surface area contributed by atoms with Gasteiger partial charge in [0.25, 0.3) is 0 Å². The van der Waals surface area contributed by atoms with Crippen LogP contribution in [0, 0.1) is 6.92 Å². The second-order valence-corrected chi connectivity index (χ2v) is 4.58. The van der Waals surface area contributed by atoms with E-state index in [4.69, 9.17) is 0 Å². The van der Waals surface area contributed by atoms with Crippen molar-refractivity contribution in [2.45, 2.75) is 13.3 Å². The second-order valence-electron chi connectivity index (χ2n) is 4.58. The Kier molecular flexibility index (Phi) is 3.64. The molecule has 0 unspecified atom stereocenters. The lowest BCUT2D eigenvalue weighted by molar-refractivity contribution is 0.375. The fourth-order valence-electron chi connectivity index (χ4n) is 2.27. The van der Waals surface area contributed by atoms with Crippen molar-refractivity contribution < 1.29 is 0 Å². The van der Waals surface area contributed by atoms with E-state index in [1.807, 2.05) is 6.08 Å². The fraction of sp³-hybridized carbons (Fsp3) is 0.333. The Morgan fingerprint density at radius 1 is 1.35 bits per heavy atom. The number of hydrogen-bond donors (Lipinski definition) is 1. The van der Waals surface area contributed by atoms with Gasteiger partial charge in [0.05, 0.1) is 0 Å². The molecule has 0 aliphatic carbocycles. The SMILES string of the molecule is C=CCN(C)CCc1c(C)[nH]c2ccccc12. The van der Waals surface area contributed by atoms with E-state index in [1.165, 1.54) is 22.2 Å². The highest BCUT2D eigenvalue weighted by atomic mass is 15.1. The lowest BCUT2D eigenvalue weighted by Gasteiger charge is -2.13. The topological polar surface area (TPSA) is 19.0 Å². The fourth-order valence-corrected chi connectivity index (χ4v) is 2.27. The van der Waals surface area contributed by atoms with Gasteiger partial charge in [-0.05, 0) is 32.0 Å². The predicted octanol–water partition coefficient (Wildman–Crippen LogP) is 3.14. The Labute approximate surface area is 103 Å². The Balaban J connectivity index is 2.17. The Morgan fingerprint density at radius 2 is 2.12 bits per heavy atom. The monoisotopic (exact) mass is 228 g/mol. The van der Waals surface area contributed by atoms with Crippen molar-refractivity contribution in [3.05, 3.63) is 48.2 Å². The summed E-state index contributed by atoms with van der Waals surface area (Å²) in [4.78, 5) is 5.73. The van der Waals surface area contributed by atoms with Crippen LogP contribution in [0.15, 0.2) is 36.9 Å². The van der Waals surface area contributed by atoms with Gasteiger partial charge in [-0.3, -0.25) is 0 Å². The molecule has 0 saturated heterocycles. The maximum absolute atomic E-state index is 3.77. The summed E-state index contributed by atoms with van der Waals surface area (Å²) in [5, 5.41) is 1.36. The van der Waals surface area contributed by atoms with Gasteiger partial charge < -0.3 is 9.88 Å². The molecule has 1 N–H and O–H groups in total. The van der Waals surface area contributed by atoms with E-state index in [2.05, 4.69) is 54.7 Å². The molecule has 0 radical (unpaired) electrons. The molecule has 2 aromatic rings. The lowest BCUT2D eigenvalue weighted by atomic mass is 10.1. The van der Waals surface area contributed by atoms with Crippen LogP contribution in [0.25, 0.3) is 10.9 Å². The van der Waals surface area contributed by atoms with E-state index in [0.29, 0.717) is 0 Å². The van der Waals surface area contributed by atoms with E-state index in [9.17, 15) is 0 Å². The zero-order chi connectivity index (χ0) is 12.3. The average Bonchev–Trinajstić information content (AvgIpc) is 2.62. The number of aromatic amines is 1. The van der Waals surface area contributed by atoms with Crippen LogP contribution >= 0.6 is 0 Å². The third-order valence-electron chi connectivity index (χ3n) is 3.21. The van der Waals surface area contributed by atoms with Gasteiger partial charge in [0.1, 0.15) is 0 Å². The van der Waals surface area contributed by atoms with Crippen LogP contribution in [0.4, 0.5) is 0 Å². The van der Waals surface area contributed by atoms with E-state index in [1.54, 1.807) is 0 Å². The first-order valence-electron chi connectivity index (χ1n) is 6.08. The maximum Gasteiger partial charge on any atom is 0.0458 e. The number of benzene rings is 1. The standard InChI is InChI=1S/C15H20N2/c1-4-10-17(3)11-9-13-12(2)16-15-8-6-5-7-14(13)15/h4-8,16H,1,9-11H2,2-3H3. The highest BCUT2D eigenvalue weighted by Gasteiger charge is 2.08. The molecular formula is C15H20N2. The van der Waals surface area contributed by atoms with Crippen molar-refractivity contribution >= 4 is 10.9 Å². The van der Waals surface area contributed by atoms with Gasteiger partial charge >= 0.3 is 0 Å². The molecule has 0 fully saturated rings. The number of likely N-dealkylation sites (N-methyl/N-ethyl adjacent to an activating group) is 1. The maximum atomic E-state index is 3.77. The van der Waals surface area contributed by atoms with Gasteiger partial charge in [0.2, 0.25) is 0 Å². The summed E-state index contributed by atoms with van der Waals surface area (Å²) in [6, 6.07) is 8.51. The van der Waals surface area contributed by atoms with Crippen molar-refractivity contribution in [2.24, 2.45) is 0 Å². The van der Waals surface area contributed by atoms with Crippen LogP contribution in [-0.2, 0) is 6.42 Å². The molecule has 1 heterocycles. The zero-order valence-electron chi connectivity index (χ0n) is 10.7. The Morgan fingerprint density at radius 3 is 2.88 bits per heavy atom. The van der Waals surface area contributed by atoms with E-state index < -0.39 is 0 Å². The molecule has 0 aliphatic heterocycles. The molecular weight excluding hydrogens is 208 g/mol. The van der Waals surface area contributed by atoms with Crippen molar-refractivity contribution in [1.29, 1.82) is 0 Å². The molecule has 2 nitrogen and oxygen atoms in total. The number of fused-ring (bicyclic) bond motifs is 1. The molecule has 0 bridgehead atoms. The number of nitrogens with one attached hydrogen (secondary N) is 1. The van der Waals surface area contributed by atoms with Gasteiger partial charge in [-0.15, -0.1) is 6.58 Å². The summed E-state index contributed by atoms with van der Waals surface area (Å²) in [6.45, 7) is 7.93. The lowest BCUT2D eigenvalue weighted by Crippen LogP contribution is -2.21. The van der Waals surface area contributed by atoms with Gasteiger partial charge in [-0.1, -0.05) is 24.3 Å². The minimum atomic E-state index is 0.946. The summed E-state index contributed by atoms with van der Waals surface area (Å²) in [7, 11) is 2.13. The molecule has 1 aromatic heterocycles. The predicted molar refractivity (Wildman–Crippen MR) is 74.4 cm³/mol. The molecule has 0 aliphatic rings. The Hall–Kier alpha value is -1.54. The first kappa shape index (κ1) is 11.9. The summed E-state index contributed by atoms with van der Waals surface area (Å²) < 4.78 is 0. The van der Waals surface area contributed by atoms with Crippen LogP contribution in [0.3, 0.4) is 0 Å². The molecule has 0 amide bonds. The smallest absolute Gasteiger partial charge is 0.0458 e. The minimum Gasteiger partial charge on any atom is -0.358 e. The number of hydrogen-bond acceptors (Lipinski definition) is 1. The van der Waals surface area contributed by atoms with Crippen molar-refractivity contribution in [1.82, 2.24) is 9.88 Å². The third-order valence-corrected chi connectivity index (χ3v) is 3.21. The normalized spacial score (nSPS) is 11.2. The number of para-hydroxylation sites is 1. The van der Waals surface area contributed by atoms with Crippen molar-refractivity contribution in [3.63, 3.8) is 0 Å². The number of aryl methyl sites for hydroxylation is 1. The summed E-state index contributed by atoms with van der Waals surface area (Å²) >= 11 is 0. The third kappa shape index (κ3) is 2.59. The van der Waals surface area contributed by atoms with Crippen LogP contribution < -0.4 is 0 Å². The van der Waals surface area contributed by atoms with Crippen LogP contribution in [0.5, 0.6) is 0 Å². The van der Waals surface area contributed by atoms with Crippen LogP contribution in [0.2, 0.25) is 0 Å². The van der Waals surface area contributed by atoms with Gasteiger partial charge in [0, 0.05) is 29.7 Å². The number of H-pyrrole nitrogens is 1. The molecule has 17 heavy (non-hydrogen) atoms. The summed E-state index contributed by atoms with van der Waals surface area (Å²) in [6.07, 6.45) is 3.03. The number of rotatable bonds is 5. The molecule has 2 heteroatoms. The largest absolute Gasteiger partial charge is 0.358 e. The molecule has 0 saturated carbocycles. The van der Waals surface area contributed by atoms with Crippen LogP contribution in [-0.4, -0.2) is 30.0 Å². The average molecular weight is 228 g/mol. The molecule has 0 spiro atoms. The molecule has 90 valence electrons. The summed E-state index contributed by atoms with van der Waals surface area (Å²) in [5.41, 5.74) is 3.97. The van der Waals surface area contributed by atoms with Crippen molar-refractivity contribution in [3.8, 4) is 0 Å². The molecule has 2 rings (SSSR count). The molecule has 1 aromatic carbocycles. The first-order chi connectivity index (χ1) is 8.22. The van der Waals surface area contributed by atoms with Crippen molar-refractivity contribution in [2.75, 3.05) is 20.1 Å². The van der Waals surface area contributed by atoms with E-state index >= 15 is 0 Å². The number of aromatic nitrogens is 1. The van der Waals surface area contributed by atoms with Crippen LogP contribution in [0.1, 0.15) is 11.3 Å². The summed E-state index contributed by atoms with van der Waals surface area (Å²) in [5.74, 6) is 0. The van der Waals surface area contributed by atoms with Gasteiger partial charge in [0.15, 0.2) is 0 Å². The van der Waals surface area contributed by atoms with Gasteiger partial charge in [-0.2, -0.15) is 0 Å². The Bertz CT molecular complexity index is 511. The first-order valence-corrected chi connectivity index (χ1v) is 6.08. The number of nitrogens with zero attached hydrogens (tertiary/aromatic N) is 1. The molecule has 0 atom stereocenters. The second kappa shape index (κ2) is 5.19. The minimum absolute atomic E-state index is 0.946. The quantitative estimate of drug-likeness (QED) is 0.779. The van der Waals surface area contributed by atoms with E-state index in [-0.39, 0.29) is 0 Å². The zero-order valence-corrected chi connectivity index (χ0v) is 10.7.